The number of fused-ring (bicyclic) bond motifs is 3. The van der Waals surface area contributed by atoms with Crippen LogP contribution in [0.2, 0.25) is 0 Å². The Bertz CT molecular complexity index is 2300. The molecule has 49 heavy (non-hydrogen) atoms. The molecular formula is C43H42N4OPt. The van der Waals surface area contributed by atoms with E-state index in [0.717, 1.165) is 63.1 Å². The number of aryl methyl sites for hydroxylation is 5. The molecule has 0 atom stereocenters. The van der Waals surface area contributed by atoms with Crippen LogP contribution in [0.1, 0.15) is 72.3 Å². The van der Waals surface area contributed by atoms with Crippen LogP contribution in [-0.4, -0.2) is 19.3 Å². The monoisotopic (exact) mass is 825 g/mol. The van der Waals surface area contributed by atoms with Gasteiger partial charge in [0.2, 0.25) is 0 Å². The molecule has 5 nitrogen and oxygen atoms in total. The predicted octanol–water partition coefficient (Wildman–Crippen LogP) is 11.0. The Hall–Kier alpha value is -4.47. The van der Waals surface area contributed by atoms with Gasteiger partial charge in [0.05, 0.1) is 5.69 Å². The van der Waals surface area contributed by atoms with E-state index in [1.807, 2.05) is 16.9 Å². The quantitative estimate of drug-likeness (QED) is 0.143. The molecule has 0 radical (unpaired) electrons. The summed E-state index contributed by atoms with van der Waals surface area (Å²) in [5, 5.41) is 7.32. The SMILES string of the molecule is CCCc1ccnc(-n2c3[c-]c(Oc4[c-]c(-n5nc(C)c(-c6c(C)cc(C)cc6C)c5C)cc(C(C)C)c4)ccc3c3ccccc32)c1.[Pt+2]. The maximum Gasteiger partial charge on any atom is 2.00 e. The number of hydrogen-bond donors (Lipinski definition) is 0. The molecule has 0 spiro atoms. The van der Waals surface area contributed by atoms with Gasteiger partial charge in [-0.2, -0.15) is 11.2 Å². The smallest absolute Gasteiger partial charge is 0.509 e. The Labute approximate surface area is 304 Å². The summed E-state index contributed by atoms with van der Waals surface area (Å²) in [6.45, 7) is 17.4. The van der Waals surface area contributed by atoms with Gasteiger partial charge in [-0.3, -0.25) is 4.68 Å². The number of pyridine rings is 1. The van der Waals surface area contributed by atoms with Gasteiger partial charge >= 0.3 is 21.1 Å². The van der Waals surface area contributed by atoms with Gasteiger partial charge in [0.1, 0.15) is 5.82 Å². The van der Waals surface area contributed by atoms with E-state index in [2.05, 4.69) is 139 Å². The summed E-state index contributed by atoms with van der Waals surface area (Å²) in [4.78, 5) is 4.79. The van der Waals surface area contributed by atoms with Crippen LogP contribution in [-0.2, 0) is 27.5 Å². The molecule has 250 valence electrons. The fourth-order valence-electron chi connectivity index (χ4n) is 7.18. The molecule has 0 fully saturated rings. The summed E-state index contributed by atoms with van der Waals surface area (Å²) >= 11 is 0. The van der Waals surface area contributed by atoms with Gasteiger partial charge in [0, 0.05) is 34.5 Å². The van der Waals surface area contributed by atoms with Gasteiger partial charge in [0.15, 0.2) is 0 Å². The number of hydrogen-bond acceptors (Lipinski definition) is 3. The second kappa shape index (κ2) is 13.8. The Morgan fingerprint density at radius 3 is 2.29 bits per heavy atom. The van der Waals surface area contributed by atoms with E-state index in [-0.39, 0.29) is 27.0 Å². The van der Waals surface area contributed by atoms with Crippen molar-refractivity contribution >= 4 is 21.8 Å². The van der Waals surface area contributed by atoms with Crippen molar-refractivity contribution in [1.82, 2.24) is 19.3 Å². The molecule has 7 rings (SSSR count). The minimum atomic E-state index is 0. The Morgan fingerprint density at radius 1 is 0.796 bits per heavy atom. The normalized spacial score (nSPS) is 11.4. The van der Waals surface area contributed by atoms with E-state index in [1.165, 1.54) is 33.4 Å². The van der Waals surface area contributed by atoms with Crippen LogP contribution in [0.25, 0.3) is 44.4 Å². The second-order valence-electron chi connectivity index (χ2n) is 13.4. The van der Waals surface area contributed by atoms with E-state index in [0.29, 0.717) is 11.5 Å². The first kappa shape index (κ1) is 34.4. The van der Waals surface area contributed by atoms with Gasteiger partial charge in [-0.1, -0.05) is 68.6 Å². The van der Waals surface area contributed by atoms with Crippen LogP contribution in [0.4, 0.5) is 0 Å². The average molecular weight is 826 g/mol. The average Bonchev–Trinajstić information content (AvgIpc) is 3.53. The van der Waals surface area contributed by atoms with Crippen molar-refractivity contribution in [3.8, 4) is 34.1 Å². The Kier molecular flexibility index (Phi) is 9.69. The summed E-state index contributed by atoms with van der Waals surface area (Å²) in [5.74, 6) is 2.43. The predicted molar refractivity (Wildman–Crippen MR) is 197 cm³/mol. The number of benzene rings is 4. The molecular weight excluding hydrogens is 784 g/mol. The molecule has 0 aliphatic carbocycles. The van der Waals surface area contributed by atoms with Crippen molar-refractivity contribution in [3.63, 3.8) is 0 Å². The molecule has 3 heterocycles. The number of ether oxygens (including phenoxy) is 1. The van der Waals surface area contributed by atoms with Crippen molar-refractivity contribution in [3.05, 3.63) is 130 Å². The van der Waals surface area contributed by atoms with Gasteiger partial charge in [-0.25, -0.2) is 4.98 Å². The largest absolute Gasteiger partial charge is 2.00 e. The van der Waals surface area contributed by atoms with Crippen molar-refractivity contribution in [2.45, 2.75) is 74.1 Å². The van der Waals surface area contributed by atoms with Crippen molar-refractivity contribution in [2.24, 2.45) is 0 Å². The third-order valence-electron chi connectivity index (χ3n) is 9.32. The van der Waals surface area contributed by atoms with Crippen molar-refractivity contribution < 1.29 is 25.8 Å². The third kappa shape index (κ3) is 6.37. The zero-order valence-corrected chi connectivity index (χ0v) is 31.8. The van der Waals surface area contributed by atoms with Gasteiger partial charge in [-0.05, 0) is 98.5 Å². The minimum absolute atomic E-state index is 0. The van der Waals surface area contributed by atoms with E-state index in [4.69, 9.17) is 14.8 Å². The Balaban J connectivity index is 0.00000417. The number of nitrogens with zero attached hydrogens (tertiary/aromatic N) is 4. The van der Waals surface area contributed by atoms with E-state index in [1.54, 1.807) is 0 Å². The molecule has 0 N–H and O–H groups in total. The van der Waals surface area contributed by atoms with Crippen LogP contribution in [0.15, 0.2) is 79.0 Å². The van der Waals surface area contributed by atoms with Crippen LogP contribution in [0.5, 0.6) is 11.5 Å². The molecule has 0 saturated carbocycles. The maximum absolute atomic E-state index is 6.62. The zero-order valence-electron chi connectivity index (χ0n) is 29.5. The van der Waals surface area contributed by atoms with Gasteiger partial charge in [-0.15, -0.1) is 41.3 Å². The van der Waals surface area contributed by atoms with Gasteiger partial charge in [0.25, 0.3) is 0 Å². The number of aromatic nitrogens is 4. The Morgan fingerprint density at radius 2 is 1.55 bits per heavy atom. The standard InChI is InChI=1S/C43H42N4O.Pt/c1-9-12-32-17-18-44-41(21-32)46-39-14-11-10-13-37(39)38-16-15-35(25-40(38)46)48-36-23-33(26(2)3)22-34(24-36)47-31(8)43(30(7)45-47)42-28(5)19-27(4)20-29(42)6;/h10-11,13-23,26H,9,12H2,1-8H3;/q-2;+2. The van der Waals surface area contributed by atoms with E-state index < -0.39 is 0 Å². The first-order valence-electron chi connectivity index (χ1n) is 16.9. The van der Waals surface area contributed by atoms with Crippen LogP contribution in [0, 0.1) is 46.8 Å². The maximum atomic E-state index is 6.62. The second-order valence-corrected chi connectivity index (χ2v) is 13.4. The summed E-state index contributed by atoms with van der Waals surface area (Å²) in [6, 6.07) is 32.8. The van der Waals surface area contributed by atoms with Gasteiger partial charge < -0.3 is 9.30 Å². The first-order chi connectivity index (χ1) is 23.1. The molecule has 0 saturated heterocycles. The third-order valence-corrected chi connectivity index (χ3v) is 9.32. The number of rotatable bonds is 8. The first-order valence-corrected chi connectivity index (χ1v) is 16.9. The zero-order chi connectivity index (χ0) is 33.7. The molecule has 0 aliphatic rings. The fourth-order valence-corrected chi connectivity index (χ4v) is 7.18. The van der Waals surface area contributed by atoms with Crippen LogP contribution >= 0.6 is 0 Å². The number of para-hydroxylation sites is 1. The summed E-state index contributed by atoms with van der Waals surface area (Å²) in [5.41, 5.74) is 13.6. The van der Waals surface area contributed by atoms with Crippen LogP contribution in [0.3, 0.4) is 0 Å². The molecule has 4 aromatic carbocycles. The minimum Gasteiger partial charge on any atom is -0.509 e. The van der Waals surface area contributed by atoms with E-state index >= 15 is 0 Å². The molecule has 0 bridgehead atoms. The van der Waals surface area contributed by atoms with Crippen molar-refractivity contribution in [1.29, 1.82) is 0 Å². The molecule has 7 aromatic rings. The molecule has 0 unspecified atom stereocenters. The molecule has 0 aliphatic heterocycles. The fraction of sp³-hybridized carbons (Fsp3) is 0.256. The molecule has 3 aromatic heterocycles. The van der Waals surface area contributed by atoms with E-state index in [9.17, 15) is 0 Å². The summed E-state index contributed by atoms with van der Waals surface area (Å²) in [7, 11) is 0. The molecule has 0 amide bonds. The van der Waals surface area contributed by atoms with Crippen molar-refractivity contribution in [2.75, 3.05) is 0 Å². The topological polar surface area (TPSA) is 44.9 Å². The summed E-state index contributed by atoms with van der Waals surface area (Å²) in [6.07, 6.45) is 4.00. The summed E-state index contributed by atoms with van der Waals surface area (Å²) < 4.78 is 10.8. The van der Waals surface area contributed by atoms with Crippen LogP contribution < -0.4 is 4.74 Å². The molecule has 6 heteroatoms.